The Labute approximate surface area is 193 Å². The average Bonchev–Trinajstić information content (AvgIpc) is 3.52. The van der Waals surface area contributed by atoms with Crippen molar-refractivity contribution >= 4 is 28.5 Å². The minimum atomic E-state index is -3.79. The predicted octanol–water partition coefficient (Wildman–Crippen LogP) is 5.16. The van der Waals surface area contributed by atoms with Crippen LogP contribution in [-0.2, 0) is 17.9 Å². The fraction of sp³-hybridized carbons (Fsp3) is 0.391. The van der Waals surface area contributed by atoms with Crippen LogP contribution in [0.4, 0.5) is 19.0 Å². The number of nitrogens with zero attached hydrogens (tertiary/aromatic N) is 4. The molecule has 0 unspecified atom stereocenters. The van der Waals surface area contributed by atoms with Crippen LogP contribution in [0.3, 0.4) is 0 Å². The van der Waals surface area contributed by atoms with E-state index in [1.165, 1.54) is 12.1 Å². The fourth-order valence-corrected chi connectivity index (χ4v) is 3.96. The molecule has 1 aromatic carbocycles. The van der Waals surface area contributed by atoms with E-state index >= 15 is 0 Å². The molecule has 3 aromatic rings. The highest BCUT2D eigenvalue weighted by molar-refractivity contribution is 6.30. The number of hydrogen-bond donors (Lipinski definition) is 2. The Balaban J connectivity index is 1.72. The van der Waals surface area contributed by atoms with Gasteiger partial charge in [0.2, 0.25) is 0 Å². The van der Waals surface area contributed by atoms with Crippen LogP contribution in [0.15, 0.2) is 24.3 Å². The van der Waals surface area contributed by atoms with E-state index in [2.05, 4.69) is 26.3 Å². The van der Waals surface area contributed by atoms with E-state index in [0.717, 1.165) is 19.9 Å². The van der Waals surface area contributed by atoms with Gasteiger partial charge in [-0.05, 0) is 45.7 Å². The molecule has 1 fully saturated rings. The van der Waals surface area contributed by atoms with Crippen molar-refractivity contribution in [2.45, 2.75) is 57.1 Å². The molecule has 1 aliphatic rings. The lowest BCUT2D eigenvalue weighted by Crippen LogP contribution is -2.41. The Hall–Kier alpha value is -2.96. The number of anilines is 1. The molecule has 1 aliphatic carbocycles. The van der Waals surface area contributed by atoms with Crippen molar-refractivity contribution in [2.75, 3.05) is 5.32 Å². The number of nitriles is 1. The van der Waals surface area contributed by atoms with E-state index in [1.54, 1.807) is 13.0 Å². The molecule has 6 nitrogen and oxygen atoms in total. The fourth-order valence-electron chi connectivity index (χ4n) is 3.65. The highest BCUT2D eigenvalue weighted by Gasteiger charge is 2.49. The Bertz CT molecular complexity index is 1300. The maximum Gasteiger partial charge on any atom is 0.303 e. The molecule has 172 valence electrons. The van der Waals surface area contributed by atoms with Gasteiger partial charge in [0.05, 0.1) is 22.4 Å². The van der Waals surface area contributed by atoms with E-state index in [-0.39, 0.29) is 17.3 Å². The summed E-state index contributed by atoms with van der Waals surface area (Å²) in [6.07, 6.45) is 1.33. The Morgan fingerprint density at radius 1 is 1.24 bits per heavy atom. The number of fused-ring (bicyclic) bond motifs is 1. The van der Waals surface area contributed by atoms with Gasteiger partial charge in [0, 0.05) is 17.7 Å². The standard InChI is InChI=1S/C23H21ClF3N5O/c1-12-30-19(14-9-16(22(11-28)7-8-22)18(24)32-20(14)31-12)29-10-13-5-4-6-15(17(13)25)23(26,27)21(2,3)33/h4-6,9,33H,7-8,10H2,1-3H3,(H,29,30,31,32). The summed E-state index contributed by atoms with van der Waals surface area (Å²) in [7, 11) is 0. The van der Waals surface area contributed by atoms with E-state index in [0.29, 0.717) is 41.1 Å². The van der Waals surface area contributed by atoms with Crippen molar-refractivity contribution in [1.82, 2.24) is 15.0 Å². The largest absolute Gasteiger partial charge is 0.384 e. The molecule has 0 radical (unpaired) electrons. The Morgan fingerprint density at radius 3 is 2.55 bits per heavy atom. The number of halogens is 4. The van der Waals surface area contributed by atoms with Gasteiger partial charge in [0.15, 0.2) is 5.65 Å². The lowest BCUT2D eigenvalue weighted by atomic mass is 9.92. The van der Waals surface area contributed by atoms with Gasteiger partial charge in [0.1, 0.15) is 28.2 Å². The van der Waals surface area contributed by atoms with Crippen LogP contribution in [0, 0.1) is 24.1 Å². The lowest BCUT2D eigenvalue weighted by Gasteiger charge is -2.30. The molecule has 1 saturated carbocycles. The zero-order valence-corrected chi connectivity index (χ0v) is 18.9. The number of aliphatic hydroxyl groups is 1. The first-order valence-electron chi connectivity index (χ1n) is 10.3. The van der Waals surface area contributed by atoms with Crippen LogP contribution >= 0.6 is 11.6 Å². The molecule has 4 rings (SSSR count). The molecule has 0 amide bonds. The summed E-state index contributed by atoms with van der Waals surface area (Å²) in [5, 5.41) is 23.0. The van der Waals surface area contributed by atoms with Crippen molar-refractivity contribution in [3.63, 3.8) is 0 Å². The first kappa shape index (κ1) is 23.2. The van der Waals surface area contributed by atoms with Crippen LogP contribution in [0.25, 0.3) is 11.0 Å². The van der Waals surface area contributed by atoms with Crippen molar-refractivity contribution in [3.05, 3.63) is 57.8 Å². The zero-order valence-electron chi connectivity index (χ0n) is 18.2. The van der Waals surface area contributed by atoms with Crippen molar-refractivity contribution in [2.24, 2.45) is 0 Å². The molecule has 10 heteroatoms. The summed E-state index contributed by atoms with van der Waals surface area (Å²) in [6, 6.07) is 7.62. The molecule has 0 aliphatic heterocycles. The van der Waals surface area contributed by atoms with Crippen molar-refractivity contribution in [3.8, 4) is 6.07 Å². The number of hydrogen-bond acceptors (Lipinski definition) is 6. The number of benzene rings is 1. The minimum Gasteiger partial charge on any atom is -0.384 e. The molecule has 0 bridgehead atoms. The Morgan fingerprint density at radius 2 is 1.94 bits per heavy atom. The van der Waals surface area contributed by atoms with E-state index in [9.17, 15) is 23.5 Å². The molecule has 2 aromatic heterocycles. The second-order valence-electron chi connectivity index (χ2n) is 8.78. The SMILES string of the molecule is Cc1nc(NCc2cccc(C(F)(F)C(C)(C)O)c2F)c2cc(C3(C#N)CC3)c(Cl)nc2n1. The van der Waals surface area contributed by atoms with E-state index in [1.807, 2.05) is 0 Å². The van der Waals surface area contributed by atoms with Gasteiger partial charge in [-0.2, -0.15) is 14.0 Å². The van der Waals surface area contributed by atoms with Crippen LogP contribution in [0.1, 0.15) is 49.2 Å². The number of alkyl halides is 2. The summed E-state index contributed by atoms with van der Waals surface area (Å²) in [4.78, 5) is 13.0. The smallest absolute Gasteiger partial charge is 0.303 e. The number of rotatable bonds is 6. The Kier molecular flexibility index (Phi) is 5.50. The van der Waals surface area contributed by atoms with E-state index in [4.69, 9.17) is 11.6 Å². The second kappa shape index (κ2) is 7.82. The normalized spacial score (nSPS) is 15.4. The van der Waals surface area contributed by atoms with Gasteiger partial charge < -0.3 is 10.4 Å². The highest BCUT2D eigenvalue weighted by atomic mass is 35.5. The van der Waals surface area contributed by atoms with Crippen molar-refractivity contribution in [1.29, 1.82) is 5.26 Å². The molecular weight excluding hydrogens is 455 g/mol. The lowest BCUT2D eigenvalue weighted by molar-refractivity contribution is -0.170. The molecule has 2 N–H and O–H groups in total. The molecule has 2 heterocycles. The number of nitrogens with one attached hydrogen (secondary N) is 1. The van der Waals surface area contributed by atoms with Gasteiger partial charge in [-0.1, -0.05) is 23.7 Å². The van der Waals surface area contributed by atoms with Gasteiger partial charge in [0.25, 0.3) is 0 Å². The van der Waals surface area contributed by atoms with E-state index < -0.39 is 28.3 Å². The summed E-state index contributed by atoms with van der Waals surface area (Å²) < 4.78 is 44.2. The molecule has 0 atom stereocenters. The van der Waals surface area contributed by atoms with Crippen LogP contribution in [-0.4, -0.2) is 25.7 Å². The number of aromatic nitrogens is 3. The third-order valence-corrected chi connectivity index (χ3v) is 6.15. The molecule has 0 saturated heterocycles. The van der Waals surface area contributed by atoms with Crippen LogP contribution in [0.2, 0.25) is 5.15 Å². The molecular formula is C23H21ClF3N5O. The molecule has 0 spiro atoms. The maximum atomic E-state index is 15.0. The van der Waals surface area contributed by atoms with Gasteiger partial charge >= 0.3 is 5.92 Å². The number of pyridine rings is 1. The van der Waals surface area contributed by atoms with Gasteiger partial charge in [-0.25, -0.2) is 19.3 Å². The van der Waals surface area contributed by atoms with Crippen LogP contribution < -0.4 is 5.32 Å². The first-order chi connectivity index (χ1) is 15.4. The highest BCUT2D eigenvalue weighted by Crippen LogP contribution is 2.50. The average molecular weight is 476 g/mol. The summed E-state index contributed by atoms with van der Waals surface area (Å²) >= 11 is 6.32. The summed E-state index contributed by atoms with van der Waals surface area (Å²) in [6.45, 7) is 3.35. The topological polar surface area (TPSA) is 94.7 Å². The predicted molar refractivity (Wildman–Crippen MR) is 118 cm³/mol. The van der Waals surface area contributed by atoms with Crippen LogP contribution in [0.5, 0.6) is 0 Å². The zero-order chi connectivity index (χ0) is 24.2. The maximum absolute atomic E-state index is 15.0. The second-order valence-corrected chi connectivity index (χ2v) is 9.13. The van der Waals surface area contributed by atoms with Crippen molar-refractivity contribution < 1.29 is 18.3 Å². The summed E-state index contributed by atoms with van der Waals surface area (Å²) in [5.74, 6) is -4.21. The monoisotopic (exact) mass is 475 g/mol. The third kappa shape index (κ3) is 3.98. The number of aryl methyl sites for hydroxylation is 1. The van der Waals surface area contributed by atoms with Gasteiger partial charge in [-0.15, -0.1) is 0 Å². The quantitative estimate of drug-likeness (QED) is 0.478. The minimum absolute atomic E-state index is 0.0290. The summed E-state index contributed by atoms with van der Waals surface area (Å²) in [5.41, 5.74) is -3.18. The first-order valence-corrected chi connectivity index (χ1v) is 10.7. The van der Waals surface area contributed by atoms with Gasteiger partial charge in [-0.3, -0.25) is 0 Å². The molecule has 33 heavy (non-hydrogen) atoms. The third-order valence-electron chi connectivity index (χ3n) is 5.86.